The van der Waals surface area contributed by atoms with E-state index in [1.54, 1.807) is 0 Å². The Kier molecular flexibility index (Phi) is 10.0. The molecule has 7 aromatic rings. The summed E-state index contributed by atoms with van der Waals surface area (Å²) in [6, 6.07) is 35.6. The molecule has 0 amide bonds. The summed E-state index contributed by atoms with van der Waals surface area (Å²) in [5.74, 6) is 0.547. The van der Waals surface area contributed by atoms with Gasteiger partial charge in [0.25, 0.3) is 0 Å². The zero-order valence-corrected chi connectivity index (χ0v) is 28.7. The molecule has 0 spiro atoms. The molecule has 231 valence electrons. The van der Waals surface area contributed by atoms with Crippen molar-refractivity contribution in [3.63, 3.8) is 0 Å². The van der Waals surface area contributed by atoms with Crippen LogP contribution in [0, 0.1) is 17.9 Å². The molecule has 1 N–H and O–H groups in total. The van der Waals surface area contributed by atoms with Crippen LogP contribution in [0.3, 0.4) is 0 Å². The molecule has 5 heteroatoms. The molecular formula is C40H39IrN2O2-. The Hall–Kier alpha value is -4.05. The number of aliphatic hydroxyl groups excluding tert-OH is 1. The van der Waals surface area contributed by atoms with Gasteiger partial charge in [0.15, 0.2) is 5.78 Å². The van der Waals surface area contributed by atoms with E-state index >= 15 is 0 Å². The smallest absolute Gasteiger partial charge is 0.162 e. The van der Waals surface area contributed by atoms with E-state index in [1.807, 2.05) is 27.7 Å². The zero-order chi connectivity index (χ0) is 30.8. The molecule has 0 aliphatic heterocycles. The van der Waals surface area contributed by atoms with E-state index in [9.17, 15) is 9.90 Å². The van der Waals surface area contributed by atoms with Crippen LogP contribution in [0.5, 0.6) is 0 Å². The Bertz CT molecular complexity index is 2040. The molecule has 4 aromatic carbocycles. The van der Waals surface area contributed by atoms with Gasteiger partial charge in [0.1, 0.15) is 0 Å². The number of ketones is 1. The third-order valence-corrected chi connectivity index (χ3v) is 9.07. The summed E-state index contributed by atoms with van der Waals surface area (Å²) in [5.41, 5.74) is 6.71. The maximum absolute atomic E-state index is 11.7. The fraction of sp³-hybridized carbons (Fsp3) is 0.250. The van der Waals surface area contributed by atoms with Crippen LogP contribution in [0.15, 0.2) is 103 Å². The van der Waals surface area contributed by atoms with Crippen LogP contribution in [-0.4, -0.2) is 20.3 Å². The molecular weight excluding hydrogens is 733 g/mol. The van der Waals surface area contributed by atoms with E-state index in [0.29, 0.717) is 0 Å². The third-order valence-electron chi connectivity index (χ3n) is 9.07. The van der Waals surface area contributed by atoms with Crippen LogP contribution in [-0.2, 0) is 24.9 Å². The molecule has 0 fully saturated rings. The van der Waals surface area contributed by atoms with Gasteiger partial charge in [-0.2, -0.15) is 0 Å². The molecule has 1 radical (unpaired) electrons. The fourth-order valence-corrected chi connectivity index (χ4v) is 6.48. The first kappa shape index (κ1) is 32.3. The van der Waals surface area contributed by atoms with Crippen LogP contribution in [0.4, 0.5) is 0 Å². The average molecular weight is 772 g/mol. The van der Waals surface area contributed by atoms with Gasteiger partial charge >= 0.3 is 0 Å². The second kappa shape index (κ2) is 13.9. The molecule has 0 aliphatic carbocycles. The van der Waals surface area contributed by atoms with Gasteiger partial charge in [0.05, 0.1) is 27.8 Å². The largest absolute Gasteiger partial charge is 0.512 e. The summed E-state index contributed by atoms with van der Waals surface area (Å²) in [5, 5.41) is 15.8. The van der Waals surface area contributed by atoms with Crippen molar-refractivity contribution in [1.82, 2.24) is 9.38 Å². The second-order valence-electron chi connectivity index (χ2n) is 11.6. The summed E-state index contributed by atoms with van der Waals surface area (Å²) in [4.78, 5) is 16.8. The Morgan fingerprint density at radius 2 is 1.38 bits per heavy atom. The molecule has 7 rings (SSSR count). The molecule has 0 unspecified atom stereocenters. The molecule has 0 saturated heterocycles. The van der Waals surface area contributed by atoms with Crippen LogP contribution < -0.4 is 0 Å². The first-order valence-electron chi connectivity index (χ1n) is 15.9. The summed E-state index contributed by atoms with van der Waals surface area (Å²) >= 11 is 0. The van der Waals surface area contributed by atoms with Crippen LogP contribution in [0.2, 0.25) is 0 Å². The maximum atomic E-state index is 11.7. The van der Waals surface area contributed by atoms with E-state index in [0.717, 1.165) is 47.8 Å². The van der Waals surface area contributed by atoms with Crippen molar-refractivity contribution in [2.45, 2.75) is 53.4 Å². The minimum absolute atomic E-state index is 0. The van der Waals surface area contributed by atoms with Crippen LogP contribution in [0.1, 0.15) is 53.4 Å². The topological polar surface area (TPSA) is 54.6 Å². The van der Waals surface area contributed by atoms with Gasteiger partial charge in [-0.15, -0.1) is 29.7 Å². The zero-order valence-electron chi connectivity index (χ0n) is 26.3. The van der Waals surface area contributed by atoms with Crippen molar-refractivity contribution >= 4 is 54.8 Å². The Morgan fingerprint density at radius 1 is 0.778 bits per heavy atom. The predicted octanol–water partition coefficient (Wildman–Crippen LogP) is 10.7. The Labute approximate surface area is 278 Å². The quantitative estimate of drug-likeness (QED) is 0.0951. The van der Waals surface area contributed by atoms with Gasteiger partial charge in [0, 0.05) is 59.9 Å². The number of allylic oxidation sites excluding steroid dienone is 2. The molecule has 0 aliphatic rings. The number of hydrogen-bond donors (Lipinski definition) is 1. The number of para-hydroxylation sites is 2. The maximum Gasteiger partial charge on any atom is 0.162 e. The predicted molar refractivity (Wildman–Crippen MR) is 185 cm³/mol. The summed E-state index contributed by atoms with van der Waals surface area (Å²) in [6.07, 6.45) is 4.91. The number of benzene rings is 4. The number of aliphatic hydroxyl groups is 1. The number of nitrogens with zero attached hydrogens (tertiary/aromatic N) is 2. The molecule has 0 bridgehead atoms. The number of aromatic nitrogens is 2. The normalized spacial score (nSPS) is 12.0. The number of carbonyl (C=O) groups excluding carboxylic acids is 1. The van der Waals surface area contributed by atoms with E-state index in [1.165, 1.54) is 44.2 Å². The van der Waals surface area contributed by atoms with E-state index in [-0.39, 0.29) is 43.5 Å². The van der Waals surface area contributed by atoms with E-state index < -0.39 is 0 Å². The average Bonchev–Trinajstić information content (AvgIpc) is 3.58. The first-order chi connectivity index (χ1) is 21.5. The molecule has 0 saturated carbocycles. The number of pyridine rings is 1. The van der Waals surface area contributed by atoms with Gasteiger partial charge in [-0.1, -0.05) is 99.3 Å². The van der Waals surface area contributed by atoms with Gasteiger partial charge in [0.2, 0.25) is 0 Å². The minimum Gasteiger partial charge on any atom is -0.512 e. The number of hydrogen-bond acceptors (Lipinski definition) is 3. The summed E-state index contributed by atoms with van der Waals surface area (Å²) < 4.78 is 2.36. The van der Waals surface area contributed by atoms with Crippen molar-refractivity contribution in [2.75, 3.05) is 0 Å². The van der Waals surface area contributed by atoms with Crippen molar-refractivity contribution in [3.8, 4) is 11.3 Å². The molecule has 0 atom stereocenters. The van der Waals surface area contributed by atoms with Gasteiger partial charge in [-0.3, -0.25) is 9.78 Å². The third kappa shape index (κ3) is 6.00. The molecule has 45 heavy (non-hydrogen) atoms. The summed E-state index contributed by atoms with van der Waals surface area (Å²) in [6.45, 7) is 8.07. The van der Waals surface area contributed by atoms with Crippen molar-refractivity contribution in [1.29, 1.82) is 0 Å². The van der Waals surface area contributed by atoms with Gasteiger partial charge in [-0.25, -0.2) is 0 Å². The van der Waals surface area contributed by atoms with E-state index in [4.69, 9.17) is 4.98 Å². The second-order valence-corrected chi connectivity index (χ2v) is 11.6. The van der Waals surface area contributed by atoms with Crippen LogP contribution >= 0.6 is 0 Å². The van der Waals surface area contributed by atoms with Crippen molar-refractivity contribution < 1.29 is 30.0 Å². The summed E-state index contributed by atoms with van der Waals surface area (Å²) in [7, 11) is 0. The minimum atomic E-state index is 0. The standard InChI is InChI=1S/C27H15N2.C13H24O2.Ir/c1-2-8-18-15-19(14-13-17(18)7-1)23-16-22-20-9-3-5-11-24(20)29-25-12-6-4-10-21(25)26(28-23)27(22)29;1-5-10(6-2)12(14)9-13(15)11(7-3)8-4;/h1-14,16H;9-11,14H,5-8H2,1-4H3;/q-1;;/b;12-9-;. The first-order valence-corrected chi connectivity index (χ1v) is 15.9. The molecule has 3 heterocycles. The van der Waals surface area contributed by atoms with Gasteiger partial charge in [-0.05, 0) is 37.8 Å². The van der Waals surface area contributed by atoms with Crippen molar-refractivity contribution in [2.24, 2.45) is 11.8 Å². The number of carbonyl (C=O) groups is 1. The number of rotatable bonds is 8. The molecule has 3 aromatic heterocycles. The molecule has 4 nitrogen and oxygen atoms in total. The van der Waals surface area contributed by atoms with E-state index in [2.05, 4.69) is 101 Å². The Morgan fingerprint density at radius 3 is 2.07 bits per heavy atom. The Balaban J connectivity index is 0.000000217. The van der Waals surface area contributed by atoms with Gasteiger partial charge < -0.3 is 9.51 Å². The monoisotopic (exact) mass is 772 g/mol. The fourth-order valence-electron chi connectivity index (χ4n) is 6.48. The number of fused-ring (bicyclic) bond motifs is 7. The SMILES string of the molecule is CCC(CC)C(=O)/C=C(\O)C(CC)CC.[Ir].[c-]1c(-c2cc3c4ccccc4n4c5ccccc5c(n2)c34)ccc2ccccc12. The van der Waals surface area contributed by atoms with Crippen LogP contribution in [0.25, 0.3) is 60.3 Å². The van der Waals surface area contributed by atoms with Crippen molar-refractivity contribution in [3.05, 3.63) is 109 Å².